The number of amides is 1. The maximum Gasteiger partial charge on any atom is 0.340 e. The number of benzene rings is 2. The Bertz CT molecular complexity index is 1100. The number of phenolic OH excluding ortho intramolecular Hbond substituents is 1. The highest BCUT2D eigenvalue weighted by Gasteiger charge is 2.32. The third kappa shape index (κ3) is 4.14. The molecule has 0 unspecified atom stereocenters. The van der Waals surface area contributed by atoms with Crippen molar-refractivity contribution in [1.82, 2.24) is 5.01 Å². The average Bonchev–Trinajstić information content (AvgIpc) is 2.99. The average molecular weight is 444 g/mol. The first-order chi connectivity index (χ1) is 14.4. The number of methoxy groups -OCH3 is 2. The van der Waals surface area contributed by atoms with Crippen LogP contribution >= 0.6 is 24.0 Å². The summed E-state index contributed by atoms with van der Waals surface area (Å²) in [6.45, 7) is 0. The number of para-hydroxylation sites is 1. The predicted octanol–water partition coefficient (Wildman–Crippen LogP) is 3.34. The summed E-state index contributed by atoms with van der Waals surface area (Å²) < 4.78 is 10.5. The van der Waals surface area contributed by atoms with Crippen molar-refractivity contribution in [2.75, 3.05) is 14.2 Å². The van der Waals surface area contributed by atoms with Crippen LogP contribution in [0, 0.1) is 0 Å². The molecular weight excluding hydrogens is 428 g/mol. The molecule has 0 aromatic heterocycles. The number of ether oxygens (including phenoxy) is 2. The van der Waals surface area contributed by atoms with Gasteiger partial charge in [-0.25, -0.2) is 4.79 Å². The monoisotopic (exact) mass is 444 g/mol. The first kappa shape index (κ1) is 21.3. The molecule has 1 aliphatic rings. The fraction of sp³-hybridized carbons (Fsp3) is 0.100. The van der Waals surface area contributed by atoms with Gasteiger partial charge >= 0.3 is 5.97 Å². The minimum atomic E-state index is -1.24. The van der Waals surface area contributed by atoms with Gasteiger partial charge in [-0.1, -0.05) is 30.0 Å². The quantitative estimate of drug-likeness (QED) is 0.397. The number of aromatic hydroxyl groups is 1. The molecule has 0 saturated carbocycles. The molecule has 30 heavy (non-hydrogen) atoms. The summed E-state index contributed by atoms with van der Waals surface area (Å²) in [4.78, 5) is 24.7. The Balaban J connectivity index is 1.93. The smallest absolute Gasteiger partial charge is 0.340 e. The number of carboxylic acids is 1. The summed E-state index contributed by atoms with van der Waals surface area (Å²) in [5.74, 6) is -1.40. The van der Waals surface area contributed by atoms with E-state index in [4.69, 9.17) is 21.7 Å². The van der Waals surface area contributed by atoms with Crippen LogP contribution in [0.4, 0.5) is 0 Å². The lowest BCUT2D eigenvalue weighted by Crippen LogP contribution is -2.22. The van der Waals surface area contributed by atoms with E-state index in [0.29, 0.717) is 5.56 Å². The number of carbonyl (C=O) groups is 2. The molecule has 1 aliphatic heterocycles. The Morgan fingerprint density at radius 2 is 1.90 bits per heavy atom. The first-order valence-corrected chi connectivity index (χ1v) is 9.68. The highest BCUT2D eigenvalue weighted by Crippen LogP contribution is 2.35. The lowest BCUT2D eigenvalue weighted by Gasteiger charge is -2.13. The van der Waals surface area contributed by atoms with E-state index in [0.717, 1.165) is 16.8 Å². The summed E-state index contributed by atoms with van der Waals surface area (Å²) in [7, 11) is 2.73. The van der Waals surface area contributed by atoms with Crippen molar-refractivity contribution in [1.29, 1.82) is 0 Å². The van der Waals surface area contributed by atoms with Crippen molar-refractivity contribution in [2.45, 2.75) is 0 Å². The molecule has 1 saturated heterocycles. The molecule has 0 bridgehead atoms. The van der Waals surface area contributed by atoms with E-state index in [9.17, 15) is 19.8 Å². The Labute approximate surface area is 181 Å². The van der Waals surface area contributed by atoms with Crippen LogP contribution in [-0.2, 0) is 4.79 Å². The second kappa shape index (κ2) is 8.97. The number of hydrogen-bond donors (Lipinski definition) is 2. The van der Waals surface area contributed by atoms with Gasteiger partial charge in [0.1, 0.15) is 11.3 Å². The van der Waals surface area contributed by atoms with Crippen molar-refractivity contribution in [3.05, 3.63) is 58.0 Å². The number of nitrogens with zero attached hydrogens (tertiary/aromatic N) is 2. The normalized spacial score (nSPS) is 15.3. The molecule has 8 nitrogen and oxygen atoms in total. The van der Waals surface area contributed by atoms with Crippen LogP contribution in [0.25, 0.3) is 6.08 Å². The Hall–Kier alpha value is -3.37. The third-order valence-electron chi connectivity index (χ3n) is 4.10. The second-order valence-electron chi connectivity index (χ2n) is 5.87. The summed E-state index contributed by atoms with van der Waals surface area (Å²) in [6, 6.07) is 9.60. The van der Waals surface area contributed by atoms with Gasteiger partial charge in [0.05, 0.1) is 25.3 Å². The van der Waals surface area contributed by atoms with Gasteiger partial charge in [0.25, 0.3) is 5.91 Å². The van der Waals surface area contributed by atoms with Crippen LogP contribution in [0.1, 0.15) is 21.5 Å². The lowest BCUT2D eigenvalue weighted by atomic mass is 10.1. The minimum absolute atomic E-state index is 0.0303. The van der Waals surface area contributed by atoms with Crippen LogP contribution in [0.15, 0.2) is 46.4 Å². The molecule has 2 aromatic rings. The Morgan fingerprint density at radius 3 is 2.53 bits per heavy atom. The fourth-order valence-corrected chi connectivity index (χ4v) is 3.86. The van der Waals surface area contributed by atoms with Gasteiger partial charge in [-0.3, -0.25) is 4.79 Å². The van der Waals surface area contributed by atoms with E-state index >= 15 is 0 Å². The van der Waals surface area contributed by atoms with Gasteiger partial charge in [-0.15, -0.1) is 0 Å². The topological polar surface area (TPSA) is 109 Å². The van der Waals surface area contributed by atoms with Gasteiger partial charge in [0.15, 0.2) is 15.8 Å². The van der Waals surface area contributed by atoms with E-state index in [-0.39, 0.29) is 37.6 Å². The van der Waals surface area contributed by atoms with Crippen LogP contribution in [-0.4, -0.2) is 51.9 Å². The van der Waals surface area contributed by atoms with Crippen molar-refractivity contribution < 1.29 is 29.3 Å². The largest absolute Gasteiger partial charge is 0.507 e. The van der Waals surface area contributed by atoms with Crippen molar-refractivity contribution in [3.8, 4) is 17.2 Å². The number of thioether (sulfide) groups is 1. The number of carbonyl (C=O) groups excluding carboxylic acids is 1. The van der Waals surface area contributed by atoms with E-state index in [1.165, 1.54) is 44.7 Å². The van der Waals surface area contributed by atoms with Gasteiger partial charge in [-0.2, -0.15) is 10.1 Å². The number of aromatic carboxylic acids is 1. The number of carboxylic acid groups (broad SMARTS) is 1. The first-order valence-electron chi connectivity index (χ1n) is 8.45. The Morgan fingerprint density at radius 1 is 1.17 bits per heavy atom. The molecule has 10 heteroatoms. The number of hydrazone groups is 1. The molecule has 2 N–H and O–H groups in total. The Kier molecular flexibility index (Phi) is 6.38. The minimum Gasteiger partial charge on any atom is -0.507 e. The van der Waals surface area contributed by atoms with Crippen LogP contribution < -0.4 is 9.47 Å². The molecule has 0 spiro atoms. The number of hydrogen-bond acceptors (Lipinski definition) is 8. The summed E-state index contributed by atoms with van der Waals surface area (Å²) in [5, 5.41) is 24.6. The molecule has 0 aliphatic carbocycles. The summed E-state index contributed by atoms with van der Waals surface area (Å²) >= 11 is 6.25. The number of phenols is 1. The molecule has 0 radical (unpaired) electrons. The van der Waals surface area contributed by atoms with E-state index < -0.39 is 11.9 Å². The third-order valence-corrected chi connectivity index (χ3v) is 5.38. The van der Waals surface area contributed by atoms with E-state index in [1.54, 1.807) is 18.2 Å². The zero-order valence-corrected chi connectivity index (χ0v) is 17.5. The van der Waals surface area contributed by atoms with Crippen LogP contribution in [0.5, 0.6) is 17.2 Å². The van der Waals surface area contributed by atoms with E-state index in [2.05, 4.69) is 5.10 Å². The van der Waals surface area contributed by atoms with E-state index in [1.807, 2.05) is 0 Å². The molecule has 2 aromatic carbocycles. The molecular formula is C20H16N2O6S2. The van der Waals surface area contributed by atoms with Crippen molar-refractivity contribution in [3.63, 3.8) is 0 Å². The highest BCUT2D eigenvalue weighted by atomic mass is 32.2. The summed E-state index contributed by atoms with van der Waals surface area (Å²) in [6.07, 6.45) is 2.74. The number of thiocarbonyl (C=S) groups is 1. The zero-order valence-electron chi connectivity index (χ0n) is 15.9. The van der Waals surface area contributed by atoms with Gasteiger partial charge in [0.2, 0.25) is 0 Å². The SMILES string of the molecule is COc1ccc(/C=N/N2C(=O)/C(=C\c3ccccc3O)SC2=S)c(C(=O)O)c1OC. The van der Waals surface area contributed by atoms with Crippen molar-refractivity contribution >= 4 is 52.5 Å². The molecule has 3 rings (SSSR count). The van der Waals surface area contributed by atoms with Gasteiger partial charge in [-0.05, 0) is 36.5 Å². The number of rotatable bonds is 6. The van der Waals surface area contributed by atoms with Gasteiger partial charge in [0, 0.05) is 11.1 Å². The van der Waals surface area contributed by atoms with Crippen LogP contribution in [0.2, 0.25) is 0 Å². The van der Waals surface area contributed by atoms with Crippen molar-refractivity contribution in [2.24, 2.45) is 5.10 Å². The van der Waals surface area contributed by atoms with Crippen LogP contribution in [0.3, 0.4) is 0 Å². The maximum atomic E-state index is 12.7. The molecule has 1 amide bonds. The highest BCUT2D eigenvalue weighted by molar-refractivity contribution is 8.26. The fourth-order valence-electron chi connectivity index (χ4n) is 2.70. The second-order valence-corrected chi connectivity index (χ2v) is 7.54. The molecule has 1 heterocycles. The predicted molar refractivity (Wildman–Crippen MR) is 117 cm³/mol. The molecule has 154 valence electrons. The zero-order chi connectivity index (χ0) is 21.8. The summed E-state index contributed by atoms with van der Waals surface area (Å²) in [5.41, 5.74) is 0.518. The standard InChI is InChI=1S/C20H16N2O6S2/c1-27-14-8-7-12(16(19(25)26)17(14)28-2)10-21-22-18(24)15(30-20(22)29)9-11-5-3-4-6-13(11)23/h3-10,23H,1-2H3,(H,25,26)/b15-9+,21-10+. The maximum absolute atomic E-state index is 12.7. The molecule has 1 fully saturated rings. The molecule has 0 atom stereocenters. The lowest BCUT2D eigenvalue weighted by molar-refractivity contribution is -0.122. The van der Waals surface area contributed by atoms with Gasteiger partial charge < -0.3 is 19.7 Å².